The Morgan fingerprint density at radius 3 is 2.56 bits per heavy atom. The van der Waals surface area contributed by atoms with Crippen molar-refractivity contribution in [2.24, 2.45) is 0 Å². The predicted molar refractivity (Wildman–Crippen MR) is 47.2 cm³/mol. The third kappa shape index (κ3) is 1.87. The van der Waals surface area contributed by atoms with E-state index in [4.69, 9.17) is 10.8 Å². The van der Waals surface area contributed by atoms with Crippen LogP contribution in [0.15, 0.2) is 6.20 Å². The third-order valence-electron chi connectivity index (χ3n) is 1.74. The fourth-order valence-corrected chi connectivity index (χ4v) is 1.07. The first-order chi connectivity index (χ1) is 7.36. The first-order valence-corrected chi connectivity index (χ1v) is 3.80. The van der Waals surface area contributed by atoms with Crippen LogP contribution in [-0.4, -0.2) is 21.0 Å². The second-order valence-electron chi connectivity index (χ2n) is 2.69. The fourth-order valence-electron chi connectivity index (χ4n) is 1.07. The molecular formula is C7H5F2N3O4. The fraction of sp³-hybridized carbons (Fsp3) is 0.143. The van der Waals surface area contributed by atoms with Crippen molar-refractivity contribution < 1.29 is 23.6 Å². The van der Waals surface area contributed by atoms with Crippen LogP contribution in [0.4, 0.5) is 20.2 Å². The van der Waals surface area contributed by atoms with Crippen LogP contribution in [0, 0.1) is 10.1 Å². The van der Waals surface area contributed by atoms with E-state index in [2.05, 4.69) is 4.98 Å². The van der Waals surface area contributed by atoms with E-state index in [9.17, 15) is 23.7 Å². The zero-order valence-electron chi connectivity index (χ0n) is 7.55. The summed E-state index contributed by atoms with van der Waals surface area (Å²) in [6.45, 7) is 0. The van der Waals surface area contributed by atoms with Crippen LogP contribution in [0.2, 0.25) is 0 Å². The van der Waals surface area contributed by atoms with E-state index in [1.54, 1.807) is 0 Å². The summed E-state index contributed by atoms with van der Waals surface area (Å²) in [5.41, 5.74) is 1.27. The minimum atomic E-state index is -3.15. The number of rotatable bonds is 3. The molecule has 0 aliphatic rings. The Labute approximate surface area is 86.7 Å². The lowest BCUT2D eigenvalue weighted by atomic mass is 10.1. The van der Waals surface area contributed by atoms with Crippen LogP contribution in [0.1, 0.15) is 22.5 Å². The highest BCUT2D eigenvalue weighted by Gasteiger charge is 2.29. The van der Waals surface area contributed by atoms with Gasteiger partial charge in [0.2, 0.25) is 0 Å². The Balaban J connectivity index is 3.54. The van der Waals surface area contributed by atoms with Gasteiger partial charge in [-0.2, -0.15) is 0 Å². The molecule has 0 unspecified atom stereocenters. The predicted octanol–water partition coefficient (Wildman–Crippen LogP) is 1.21. The minimum Gasteiger partial charge on any atom is -0.476 e. The van der Waals surface area contributed by atoms with E-state index in [0.717, 1.165) is 0 Å². The van der Waals surface area contributed by atoms with E-state index in [-0.39, 0.29) is 0 Å². The van der Waals surface area contributed by atoms with Crippen molar-refractivity contribution in [1.82, 2.24) is 4.98 Å². The Kier molecular flexibility index (Phi) is 2.97. The quantitative estimate of drug-likeness (QED) is 0.598. The summed E-state index contributed by atoms with van der Waals surface area (Å²) in [4.78, 5) is 23.0. The molecule has 0 aromatic carbocycles. The van der Waals surface area contributed by atoms with Crippen LogP contribution in [0.25, 0.3) is 0 Å². The van der Waals surface area contributed by atoms with Crippen LogP contribution < -0.4 is 5.73 Å². The number of carboxylic acid groups (broad SMARTS) is 1. The number of aromatic nitrogens is 1. The molecule has 7 nitrogen and oxygen atoms in total. The smallest absolute Gasteiger partial charge is 0.356 e. The normalized spacial score (nSPS) is 10.4. The molecule has 0 aliphatic heterocycles. The maximum absolute atomic E-state index is 12.4. The molecule has 0 bridgehead atoms. The van der Waals surface area contributed by atoms with Gasteiger partial charge in [0, 0.05) is 6.20 Å². The standard InChI is InChI=1S/C7H5F2N3O4/c8-6(9)2-1-11-4(7(13)14)3(10)5(2)12(15)16/h1,6H,10H2,(H,13,14). The Bertz CT molecular complexity index is 463. The maximum Gasteiger partial charge on any atom is 0.356 e. The maximum atomic E-state index is 12.4. The first kappa shape index (κ1) is 11.8. The van der Waals surface area contributed by atoms with Gasteiger partial charge < -0.3 is 10.8 Å². The number of halogens is 2. The molecule has 0 atom stereocenters. The SMILES string of the molecule is Nc1c(C(=O)O)ncc(C(F)F)c1[N+](=O)[O-]. The molecular weight excluding hydrogens is 228 g/mol. The number of nitro groups is 1. The highest BCUT2D eigenvalue weighted by atomic mass is 19.3. The zero-order chi connectivity index (χ0) is 12.5. The van der Waals surface area contributed by atoms with E-state index in [1.165, 1.54) is 0 Å². The molecule has 16 heavy (non-hydrogen) atoms. The molecule has 0 fully saturated rings. The van der Waals surface area contributed by atoms with Crippen molar-refractivity contribution in [3.8, 4) is 0 Å². The molecule has 0 radical (unpaired) electrons. The number of hydrogen-bond acceptors (Lipinski definition) is 5. The van der Waals surface area contributed by atoms with Gasteiger partial charge in [0.25, 0.3) is 6.43 Å². The molecule has 86 valence electrons. The monoisotopic (exact) mass is 233 g/mol. The van der Waals surface area contributed by atoms with Gasteiger partial charge >= 0.3 is 11.7 Å². The number of nitrogen functional groups attached to an aromatic ring is 1. The number of hydrogen-bond donors (Lipinski definition) is 2. The van der Waals surface area contributed by atoms with Crippen molar-refractivity contribution in [2.45, 2.75) is 6.43 Å². The molecule has 9 heteroatoms. The number of carboxylic acids is 1. The summed E-state index contributed by atoms with van der Waals surface area (Å²) in [5, 5.41) is 19.0. The molecule has 1 heterocycles. The summed E-state index contributed by atoms with van der Waals surface area (Å²) in [6, 6.07) is 0. The molecule has 1 aromatic rings. The van der Waals surface area contributed by atoms with Gasteiger partial charge in [-0.25, -0.2) is 18.6 Å². The average Bonchev–Trinajstić information content (AvgIpc) is 2.15. The molecule has 1 rings (SSSR count). The van der Waals surface area contributed by atoms with Gasteiger partial charge in [0.05, 0.1) is 4.92 Å². The summed E-state index contributed by atoms with van der Waals surface area (Å²) >= 11 is 0. The van der Waals surface area contributed by atoms with Gasteiger partial charge in [0.15, 0.2) is 5.69 Å². The van der Waals surface area contributed by atoms with Gasteiger partial charge in [-0.3, -0.25) is 10.1 Å². The summed E-state index contributed by atoms with van der Waals surface area (Å²) < 4.78 is 24.7. The molecule has 0 saturated heterocycles. The summed E-state index contributed by atoms with van der Waals surface area (Å²) in [7, 11) is 0. The van der Waals surface area contributed by atoms with Crippen LogP contribution >= 0.6 is 0 Å². The topological polar surface area (TPSA) is 119 Å². The number of nitrogens with two attached hydrogens (primary N) is 1. The lowest BCUT2D eigenvalue weighted by Crippen LogP contribution is -2.10. The van der Waals surface area contributed by atoms with E-state index in [1.807, 2.05) is 0 Å². The molecule has 0 saturated carbocycles. The highest BCUT2D eigenvalue weighted by Crippen LogP contribution is 2.34. The lowest BCUT2D eigenvalue weighted by molar-refractivity contribution is -0.385. The van der Waals surface area contributed by atoms with E-state index in [0.29, 0.717) is 6.20 Å². The minimum absolute atomic E-state index is 0.433. The average molecular weight is 233 g/mol. The van der Waals surface area contributed by atoms with Gasteiger partial charge in [-0.1, -0.05) is 0 Å². The first-order valence-electron chi connectivity index (χ1n) is 3.80. The summed E-state index contributed by atoms with van der Waals surface area (Å²) in [6.07, 6.45) is -2.72. The molecule has 0 amide bonds. The largest absolute Gasteiger partial charge is 0.476 e. The van der Waals surface area contributed by atoms with Crippen LogP contribution in [-0.2, 0) is 0 Å². The van der Waals surface area contributed by atoms with E-state index >= 15 is 0 Å². The molecule has 0 spiro atoms. The molecule has 0 aliphatic carbocycles. The second kappa shape index (κ2) is 4.04. The van der Waals surface area contributed by atoms with Crippen molar-refractivity contribution in [1.29, 1.82) is 0 Å². The number of alkyl halides is 2. The van der Waals surface area contributed by atoms with Crippen molar-refractivity contribution in [3.63, 3.8) is 0 Å². The van der Waals surface area contributed by atoms with Gasteiger partial charge in [-0.15, -0.1) is 0 Å². The molecule has 3 N–H and O–H groups in total. The Morgan fingerprint density at radius 2 is 2.19 bits per heavy atom. The third-order valence-corrected chi connectivity index (χ3v) is 1.74. The Hall–Kier alpha value is -2.32. The van der Waals surface area contributed by atoms with E-state index < -0.39 is 40.0 Å². The number of carbonyl (C=O) groups is 1. The number of pyridine rings is 1. The van der Waals surface area contributed by atoms with Crippen molar-refractivity contribution >= 4 is 17.3 Å². The number of nitrogens with zero attached hydrogens (tertiary/aromatic N) is 2. The lowest BCUT2D eigenvalue weighted by Gasteiger charge is -2.05. The zero-order valence-corrected chi connectivity index (χ0v) is 7.55. The summed E-state index contributed by atoms with van der Waals surface area (Å²) in [5.74, 6) is -1.62. The highest BCUT2D eigenvalue weighted by molar-refractivity contribution is 5.94. The Morgan fingerprint density at radius 1 is 1.62 bits per heavy atom. The molecule has 1 aromatic heterocycles. The van der Waals surface area contributed by atoms with Crippen molar-refractivity contribution in [2.75, 3.05) is 5.73 Å². The van der Waals surface area contributed by atoms with Crippen LogP contribution in [0.5, 0.6) is 0 Å². The van der Waals surface area contributed by atoms with Crippen LogP contribution in [0.3, 0.4) is 0 Å². The number of anilines is 1. The second-order valence-corrected chi connectivity index (χ2v) is 2.69. The number of aromatic carboxylic acids is 1. The van der Waals surface area contributed by atoms with Gasteiger partial charge in [0.1, 0.15) is 11.3 Å². The van der Waals surface area contributed by atoms with Gasteiger partial charge in [-0.05, 0) is 0 Å². The van der Waals surface area contributed by atoms with Crippen molar-refractivity contribution in [3.05, 3.63) is 27.6 Å².